The molecule has 1 saturated carbocycles. The highest BCUT2D eigenvalue weighted by Gasteiger charge is 2.31. The predicted octanol–water partition coefficient (Wildman–Crippen LogP) is 5.34. The van der Waals surface area contributed by atoms with E-state index in [0.717, 1.165) is 26.7 Å². The number of carbonyl (C=O) groups is 2. The van der Waals surface area contributed by atoms with Crippen LogP contribution in [0.25, 0.3) is 10.3 Å². The second-order valence-corrected chi connectivity index (χ2v) is 11.1. The van der Waals surface area contributed by atoms with E-state index in [9.17, 15) is 9.59 Å². The topological polar surface area (TPSA) is 89.9 Å². The molecule has 3 heterocycles. The van der Waals surface area contributed by atoms with Gasteiger partial charge in [0, 0.05) is 25.3 Å². The van der Waals surface area contributed by atoms with Gasteiger partial charge in [-0.25, -0.2) is 14.8 Å². The van der Waals surface area contributed by atoms with E-state index in [2.05, 4.69) is 23.2 Å². The van der Waals surface area contributed by atoms with Crippen LogP contribution in [0.15, 0.2) is 36.5 Å². The van der Waals surface area contributed by atoms with E-state index in [1.54, 1.807) is 18.0 Å². The summed E-state index contributed by atoms with van der Waals surface area (Å²) in [5.41, 5.74) is 3.83. The Morgan fingerprint density at radius 2 is 1.92 bits per heavy atom. The van der Waals surface area contributed by atoms with Gasteiger partial charge in [-0.2, -0.15) is 0 Å². The van der Waals surface area contributed by atoms with Gasteiger partial charge in [-0.15, -0.1) is 0 Å². The molecule has 1 aliphatic heterocycles. The number of nitrogens with zero attached hydrogens (tertiary/aromatic N) is 5. The first kappa shape index (κ1) is 24.6. The third kappa shape index (κ3) is 5.22. The monoisotopic (exact) mass is 507 g/mol. The second-order valence-electron chi connectivity index (χ2n) is 10.1. The van der Waals surface area contributed by atoms with Gasteiger partial charge in [0.1, 0.15) is 15.4 Å². The van der Waals surface area contributed by atoms with Crippen LogP contribution in [-0.4, -0.2) is 58.7 Å². The fourth-order valence-electron chi connectivity index (χ4n) is 5.31. The third-order valence-electron chi connectivity index (χ3n) is 7.27. The lowest BCUT2D eigenvalue weighted by Crippen LogP contribution is -2.31. The quantitative estimate of drug-likeness (QED) is 0.443. The molecule has 9 heteroatoms. The van der Waals surface area contributed by atoms with E-state index in [-0.39, 0.29) is 6.03 Å². The minimum atomic E-state index is -0.803. The molecule has 2 aromatic heterocycles. The fourth-order valence-corrected chi connectivity index (χ4v) is 6.28. The molecule has 1 atom stereocenters. The molecule has 2 amide bonds. The maximum absolute atomic E-state index is 13.4. The summed E-state index contributed by atoms with van der Waals surface area (Å²) in [5.74, 6) is -0.645. The molecule has 1 saturated heterocycles. The van der Waals surface area contributed by atoms with Crippen molar-refractivity contribution in [1.82, 2.24) is 14.9 Å². The predicted molar refractivity (Wildman–Crippen MR) is 143 cm³/mol. The van der Waals surface area contributed by atoms with E-state index in [1.165, 1.54) is 49.0 Å². The number of anilines is 2. The molecule has 0 unspecified atom stereocenters. The fraction of sp³-hybridized carbons (Fsp3) is 0.481. The number of rotatable bonds is 8. The number of carboxylic acid groups (broad SMARTS) is 1. The molecule has 0 radical (unpaired) electrons. The summed E-state index contributed by atoms with van der Waals surface area (Å²) < 4.78 is 0. The van der Waals surface area contributed by atoms with Crippen LogP contribution in [0, 0.1) is 5.92 Å². The first-order chi connectivity index (χ1) is 17.4. The highest BCUT2D eigenvalue weighted by Crippen LogP contribution is 2.35. The highest BCUT2D eigenvalue weighted by molar-refractivity contribution is 7.18. The normalized spacial score (nSPS) is 17.9. The molecular formula is C27H33N5O3S. The summed E-state index contributed by atoms with van der Waals surface area (Å²) in [6.07, 6.45) is 8.13. The Hall–Kier alpha value is -3.04. The van der Waals surface area contributed by atoms with Crippen molar-refractivity contribution in [3.05, 3.63) is 47.1 Å². The maximum Gasteiger partial charge on any atom is 0.329 e. The first-order valence-corrected chi connectivity index (χ1v) is 13.6. The zero-order valence-electron chi connectivity index (χ0n) is 20.9. The molecule has 8 nitrogen and oxygen atoms in total. The number of carbonyl (C=O) groups excluding carboxylic acids is 1. The second kappa shape index (κ2) is 10.5. The van der Waals surface area contributed by atoms with E-state index >= 15 is 0 Å². The first-order valence-electron chi connectivity index (χ1n) is 12.7. The average Bonchev–Trinajstić information content (AvgIpc) is 3.46. The van der Waals surface area contributed by atoms with Gasteiger partial charge in [0.2, 0.25) is 0 Å². The van der Waals surface area contributed by atoms with E-state index < -0.39 is 11.9 Å². The molecule has 1 aliphatic carbocycles. The number of fused-ring (bicyclic) bond motifs is 1. The summed E-state index contributed by atoms with van der Waals surface area (Å²) in [6, 6.07) is 10.4. The molecule has 2 fully saturated rings. The Bertz CT molecular complexity index is 1260. The van der Waals surface area contributed by atoms with E-state index in [0.29, 0.717) is 32.1 Å². The lowest BCUT2D eigenvalue weighted by molar-refractivity contribution is -0.141. The van der Waals surface area contributed by atoms with Crippen molar-refractivity contribution in [2.75, 3.05) is 36.5 Å². The SMILES string of the molecule is C[C@@H](CN(C)Cc1nc2cc(N3CCN(c4cccc(C5CCCCC5)c4)C3=O)cnc2s1)C(=O)O. The van der Waals surface area contributed by atoms with Gasteiger partial charge in [-0.05, 0) is 49.6 Å². The van der Waals surface area contributed by atoms with Crippen molar-refractivity contribution in [2.24, 2.45) is 5.92 Å². The molecule has 36 heavy (non-hydrogen) atoms. The largest absolute Gasteiger partial charge is 0.481 e. The molecular weight excluding hydrogens is 474 g/mol. The molecule has 5 rings (SSSR count). The van der Waals surface area contributed by atoms with Gasteiger partial charge in [-0.3, -0.25) is 19.5 Å². The summed E-state index contributed by atoms with van der Waals surface area (Å²) in [7, 11) is 1.89. The number of aromatic nitrogens is 2. The van der Waals surface area contributed by atoms with Crippen molar-refractivity contribution in [3.63, 3.8) is 0 Å². The van der Waals surface area contributed by atoms with Crippen molar-refractivity contribution < 1.29 is 14.7 Å². The lowest BCUT2D eigenvalue weighted by Gasteiger charge is -2.24. The van der Waals surface area contributed by atoms with Gasteiger partial charge >= 0.3 is 12.0 Å². The number of pyridine rings is 1. The van der Waals surface area contributed by atoms with Crippen molar-refractivity contribution in [2.45, 2.75) is 51.5 Å². The van der Waals surface area contributed by atoms with Gasteiger partial charge in [-0.1, -0.05) is 49.7 Å². The summed E-state index contributed by atoms with van der Waals surface area (Å²) in [4.78, 5) is 40.2. The van der Waals surface area contributed by atoms with Crippen LogP contribution >= 0.6 is 11.3 Å². The van der Waals surface area contributed by atoms with Gasteiger partial charge < -0.3 is 5.11 Å². The van der Waals surface area contributed by atoms with Crippen LogP contribution < -0.4 is 9.80 Å². The summed E-state index contributed by atoms with van der Waals surface area (Å²) in [5, 5.41) is 10.0. The Morgan fingerprint density at radius 3 is 2.67 bits per heavy atom. The molecule has 2 aliphatic rings. The number of benzene rings is 1. The Morgan fingerprint density at radius 1 is 1.17 bits per heavy atom. The maximum atomic E-state index is 13.4. The standard InChI is InChI=1S/C27H33N5O3S/c1-18(26(33)34)16-30(2)17-24-29-23-14-22(15-28-25(23)36-24)32-12-11-31(27(32)35)21-10-6-9-20(13-21)19-7-4-3-5-8-19/h6,9-10,13-15,18-19H,3-5,7-8,11-12,16-17H2,1-2H3,(H,33,34)/t18-/m0/s1. The molecule has 0 bridgehead atoms. The van der Waals surface area contributed by atoms with Crippen LogP contribution in [0.5, 0.6) is 0 Å². The van der Waals surface area contributed by atoms with E-state index in [1.807, 2.05) is 29.0 Å². The molecule has 190 valence electrons. The van der Waals surface area contributed by atoms with Gasteiger partial charge in [0.15, 0.2) is 0 Å². The lowest BCUT2D eigenvalue weighted by atomic mass is 9.84. The minimum Gasteiger partial charge on any atom is -0.481 e. The van der Waals surface area contributed by atoms with Crippen LogP contribution in [0.2, 0.25) is 0 Å². The van der Waals surface area contributed by atoms with Crippen LogP contribution in [-0.2, 0) is 11.3 Å². The van der Waals surface area contributed by atoms with Crippen LogP contribution in [0.3, 0.4) is 0 Å². The van der Waals surface area contributed by atoms with Crippen LogP contribution in [0.1, 0.15) is 55.5 Å². The molecule has 1 N–H and O–H groups in total. The summed E-state index contributed by atoms with van der Waals surface area (Å²) in [6.45, 7) is 3.95. The van der Waals surface area contributed by atoms with Gasteiger partial charge in [0.25, 0.3) is 0 Å². The summed E-state index contributed by atoms with van der Waals surface area (Å²) >= 11 is 1.50. The number of hydrogen-bond acceptors (Lipinski definition) is 6. The molecule has 3 aromatic rings. The number of thiazole rings is 1. The number of hydrogen-bond donors (Lipinski definition) is 1. The van der Waals surface area contributed by atoms with Crippen molar-refractivity contribution in [3.8, 4) is 0 Å². The third-order valence-corrected chi connectivity index (χ3v) is 8.23. The van der Waals surface area contributed by atoms with E-state index in [4.69, 9.17) is 10.1 Å². The number of aliphatic carboxylic acids is 1. The van der Waals surface area contributed by atoms with Crippen molar-refractivity contribution in [1.29, 1.82) is 0 Å². The zero-order valence-corrected chi connectivity index (χ0v) is 21.7. The molecule has 0 spiro atoms. The minimum absolute atomic E-state index is 0.0326. The Balaban J connectivity index is 1.29. The number of amides is 2. The van der Waals surface area contributed by atoms with Crippen molar-refractivity contribution >= 4 is 45.1 Å². The van der Waals surface area contributed by atoms with Gasteiger partial charge in [0.05, 0.1) is 24.3 Å². The smallest absolute Gasteiger partial charge is 0.329 e. The Labute approximate surface area is 215 Å². The Kier molecular flexibility index (Phi) is 7.20. The number of carboxylic acids is 1. The molecule has 1 aromatic carbocycles. The van der Waals surface area contributed by atoms with Crippen LogP contribution in [0.4, 0.5) is 16.2 Å². The number of urea groups is 1. The average molecular weight is 508 g/mol. The highest BCUT2D eigenvalue weighted by atomic mass is 32.1. The zero-order chi connectivity index (χ0) is 25.2.